The van der Waals surface area contributed by atoms with Gasteiger partial charge in [0, 0.05) is 50.1 Å². The zero-order valence-electron chi connectivity index (χ0n) is 25.2. The van der Waals surface area contributed by atoms with E-state index in [4.69, 9.17) is 0 Å². The number of halogens is 3. The highest BCUT2D eigenvalue weighted by Crippen LogP contribution is 2.34. The summed E-state index contributed by atoms with van der Waals surface area (Å²) in [5, 5.41) is 8.27. The number of nitrogens with zero attached hydrogens (tertiary/aromatic N) is 5. The predicted molar refractivity (Wildman–Crippen MR) is 158 cm³/mol. The fourth-order valence-electron chi connectivity index (χ4n) is 6.49. The summed E-state index contributed by atoms with van der Waals surface area (Å²) in [7, 11) is -3.87. The van der Waals surface area contributed by atoms with E-state index in [9.17, 15) is 31.2 Å². The summed E-state index contributed by atoms with van der Waals surface area (Å²) in [6, 6.07) is 6.66. The van der Waals surface area contributed by atoms with Gasteiger partial charge in [0.1, 0.15) is 0 Å². The number of hydrogen-bond acceptors (Lipinski definition) is 6. The van der Waals surface area contributed by atoms with Crippen LogP contribution in [0.4, 0.5) is 18.9 Å². The first-order chi connectivity index (χ1) is 20.6. The molecule has 0 radical (unpaired) electrons. The van der Waals surface area contributed by atoms with Crippen molar-refractivity contribution in [3.63, 3.8) is 0 Å². The Kier molecular flexibility index (Phi) is 8.63. The van der Waals surface area contributed by atoms with Crippen LogP contribution in [0.1, 0.15) is 59.2 Å². The second-order valence-corrected chi connectivity index (χ2v) is 14.1. The summed E-state index contributed by atoms with van der Waals surface area (Å²) in [6.07, 6.45) is 0.860. The minimum absolute atomic E-state index is 0.0578. The number of benzene rings is 2. The second kappa shape index (κ2) is 12.0. The normalized spacial score (nSPS) is 19.6. The van der Waals surface area contributed by atoms with Crippen LogP contribution < -0.4 is 4.90 Å². The van der Waals surface area contributed by atoms with Crippen molar-refractivity contribution in [1.29, 1.82) is 0 Å². The summed E-state index contributed by atoms with van der Waals surface area (Å²) in [4.78, 5) is 30.0. The van der Waals surface area contributed by atoms with Crippen LogP contribution in [-0.2, 0) is 38.6 Å². The molecule has 0 aliphatic carbocycles. The smallest absolute Gasteiger partial charge is 0.339 e. The van der Waals surface area contributed by atoms with Gasteiger partial charge in [-0.25, -0.2) is 13.1 Å². The molecule has 2 aliphatic rings. The lowest BCUT2D eigenvalue weighted by molar-refractivity contribution is -0.139. The average Bonchev–Trinajstić information content (AvgIpc) is 3.53. The van der Waals surface area contributed by atoms with Gasteiger partial charge in [-0.1, -0.05) is 22.9 Å². The number of piperidine rings is 1. The molecular formula is C31H36F3N5O4S. The summed E-state index contributed by atoms with van der Waals surface area (Å²) in [6.45, 7) is 6.76. The number of carbonyl (C=O) groups is 2. The molecule has 5 rings (SSSR count). The molecule has 2 unspecified atom stereocenters. The fourth-order valence-corrected chi connectivity index (χ4v) is 7.20. The number of carbonyl (C=O) groups excluding carboxylic acids is 2. The van der Waals surface area contributed by atoms with Gasteiger partial charge in [-0.05, 0) is 74.9 Å². The van der Waals surface area contributed by atoms with Crippen molar-refractivity contribution < 1.29 is 31.2 Å². The third kappa shape index (κ3) is 6.82. The standard InChI is InChI=1S/C31H36F3N5O4S/c1-19-9-20(2)29(21(3)10-19)39-17-23(13-28(39)40)30(41)38-8-6-5-7-26(38)15-25-18-37(36-35-25)16-22-11-24(31(32,33)34)14-27(12-22)44(4,42)43/h9-12,14,18,23,26H,5-8,13,15-17H2,1-4H3. The minimum atomic E-state index is -4.71. The van der Waals surface area contributed by atoms with E-state index in [1.165, 1.54) is 10.7 Å². The molecule has 3 heterocycles. The van der Waals surface area contributed by atoms with Gasteiger partial charge in [0.15, 0.2) is 9.84 Å². The van der Waals surface area contributed by atoms with Gasteiger partial charge in [-0.15, -0.1) is 5.10 Å². The second-order valence-electron chi connectivity index (χ2n) is 12.1. The zero-order valence-corrected chi connectivity index (χ0v) is 26.0. The van der Waals surface area contributed by atoms with Gasteiger partial charge < -0.3 is 9.80 Å². The first-order valence-corrected chi connectivity index (χ1v) is 16.5. The Balaban J connectivity index is 1.30. The number of amides is 2. The Labute approximate surface area is 254 Å². The van der Waals surface area contributed by atoms with Crippen LogP contribution in [0.15, 0.2) is 41.4 Å². The Morgan fingerprint density at radius 1 is 1.05 bits per heavy atom. The first-order valence-electron chi connectivity index (χ1n) is 14.6. The van der Waals surface area contributed by atoms with Crippen molar-refractivity contribution in [2.24, 2.45) is 5.92 Å². The topological polar surface area (TPSA) is 105 Å². The minimum Gasteiger partial charge on any atom is -0.339 e. The van der Waals surface area contributed by atoms with E-state index in [1.54, 1.807) is 11.1 Å². The molecule has 0 bridgehead atoms. The molecule has 2 aromatic carbocycles. The molecule has 2 atom stereocenters. The lowest BCUT2D eigenvalue weighted by Crippen LogP contribution is -2.48. The highest BCUT2D eigenvalue weighted by atomic mass is 32.2. The fraction of sp³-hybridized carbons (Fsp3) is 0.484. The van der Waals surface area contributed by atoms with E-state index in [2.05, 4.69) is 10.3 Å². The lowest BCUT2D eigenvalue weighted by atomic mass is 9.95. The summed E-state index contributed by atoms with van der Waals surface area (Å²) < 4.78 is 65.8. The number of aromatic nitrogens is 3. The van der Waals surface area contributed by atoms with E-state index in [-0.39, 0.29) is 36.4 Å². The molecule has 2 saturated heterocycles. The predicted octanol–water partition coefficient (Wildman–Crippen LogP) is 4.65. The number of aryl methyl sites for hydroxylation is 3. The van der Waals surface area contributed by atoms with Gasteiger partial charge in [0.05, 0.1) is 28.6 Å². The van der Waals surface area contributed by atoms with Gasteiger partial charge >= 0.3 is 6.18 Å². The molecule has 2 fully saturated rings. The van der Waals surface area contributed by atoms with Crippen molar-refractivity contribution in [2.75, 3.05) is 24.2 Å². The van der Waals surface area contributed by atoms with Crippen LogP contribution in [0.5, 0.6) is 0 Å². The lowest BCUT2D eigenvalue weighted by Gasteiger charge is -2.37. The summed E-state index contributed by atoms with van der Waals surface area (Å²) in [5.41, 5.74) is 3.63. The Bertz CT molecular complexity index is 1680. The Hall–Kier alpha value is -3.74. The third-order valence-corrected chi connectivity index (χ3v) is 9.48. The highest BCUT2D eigenvalue weighted by molar-refractivity contribution is 7.90. The van der Waals surface area contributed by atoms with Crippen LogP contribution in [-0.4, -0.2) is 65.5 Å². The third-order valence-electron chi connectivity index (χ3n) is 8.39. The van der Waals surface area contributed by atoms with Crippen molar-refractivity contribution in [3.8, 4) is 0 Å². The van der Waals surface area contributed by atoms with Crippen molar-refractivity contribution in [3.05, 3.63) is 70.0 Å². The quantitative estimate of drug-likeness (QED) is 0.376. The SMILES string of the molecule is Cc1cc(C)c(N2CC(C(=O)N3CCCCC3Cc3cn(Cc4cc(C(F)(F)F)cc(S(C)(=O)=O)c4)nn3)CC2=O)c(C)c1. The van der Waals surface area contributed by atoms with Gasteiger partial charge in [0.25, 0.3) is 0 Å². The molecule has 2 aliphatic heterocycles. The molecule has 1 aromatic heterocycles. The number of sulfone groups is 1. The maximum atomic E-state index is 13.8. The zero-order chi connectivity index (χ0) is 32.0. The molecule has 0 spiro atoms. The summed E-state index contributed by atoms with van der Waals surface area (Å²) >= 11 is 0. The molecule has 13 heteroatoms. The molecular weight excluding hydrogens is 595 g/mol. The monoisotopic (exact) mass is 631 g/mol. The maximum absolute atomic E-state index is 13.8. The maximum Gasteiger partial charge on any atom is 0.416 e. The van der Waals surface area contributed by atoms with E-state index in [1.807, 2.05) is 37.8 Å². The van der Waals surface area contributed by atoms with Gasteiger partial charge in [0.2, 0.25) is 11.8 Å². The number of hydrogen-bond donors (Lipinski definition) is 0. The largest absolute Gasteiger partial charge is 0.416 e. The van der Waals surface area contributed by atoms with Crippen LogP contribution >= 0.6 is 0 Å². The highest BCUT2D eigenvalue weighted by Gasteiger charge is 2.40. The number of alkyl halides is 3. The number of anilines is 1. The van der Waals surface area contributed by atoms with Crippen LogP contribution in [0, 0.1) is 26.7 Å². The van der Waals surface area contributed by atoms with Crippen LogP contribution in [0.25, 0.3) is 0 Å². The molecule has 236 valence electrons. The molecule has 2 amide bonds. The average molecular weight is 632 g/mol. The summed E-state index contributed by atoms with van der Waals surface area (Å²) in [5.74, 6) is -0.579. The molecule has 9 nitrogen and oxygen atoms in total. The van der Waals surface area contributed by atoms with Crippen molar-refractivity contribution in [1.82, 2.24) is 19.9 Å². The molecule has 0 saturated carbocycles. The van der Waals surface area contributed by atoms with Crippen molar-refractivity contribution >= 4 is 27.3 Å². The number of rotatable bonds is 7. The first kappa shape index (κ1) is 31.7. The van der Waals surface area contributed by atoms with E-state index in [0.29, 0.717) is 31.3 Å². The molecule has 0 N–H and O–H groups in total. The molecule has 3 aromatic rings. The van der Waals surface area contributed by atoms with Gasteiger partial charge in [-0.2, -0.15) is 13.2 Å². The molecule has 44 heavy (non-hydrogen) atoms. The van der Waals surface area contributed by atoms with E-state index >= 15 is 0 Å². The van der Waals surface area contributed by atoms with E-state index < -0.39 is 32.4 Å². The Morgan fingerprint density at radius 3 is 2.41 bits per heavy atom. The Morgan fingerprint density at radius 2 is 1.75 bits per heavy atom. The van der Waals surface area contributed by atoms with Gasteiger partial charge in [-0.3, -0.25) is 9.59 Å². The van der Waals surface area contributed by atoms with E-state index in [0.717, 1.165) is 54.0 Å². The van der Waals surface area contributed by atoms with Crippen molar-refractivity contribution in [2.45, 2.75) is 76.5 Å². The van der Waals surface area contributed by atoms with Crippen LogP contribution in [0.2, 0.25) is 0 Å². The number of likely N-dealkylation sites (tertiary alicyclic amines) is 1. The van der Waals surface area contributed by atoms with Crippen LogP contribution in [0.3, 0.4) is 0 Å².